The fraction of sp³-hybridized carbons (Fsp3) is 0.154. The average Bonchev–Trinajstić information content (AvgIpc) is 3.50. The summed E-state index contributed by atoms with van der Waals surface area (Å²) in [4.78, 5) is 0. The van der Waals surface area contributed by atoms with Crippen LogP contribution in [0.4, 0.5) is 0 Å². The van der Waals surface area contributed by atoms with Crippen molar-refractivity contribution in [2.24, 2.45) is 5.10 Å². The Morgan fingerprint density at radius 1 is 0.882 bits per heavy atom. The van der Waals surface area contributed by atoms with Gasteiger partial charge in [0.05, 0.1) is 36.5 Å². The van der Waals surface area contributed by atoms with Crippen LogP contribution in [0.3, 0.4) is 0 Å². The van der Waals surface area contributed by atoms with Crippen molar-refractivity contribution in [1.82, 2.24) is 14.2 Å². The Morgan fingerprint density at radius 3 is 2.15 bits per heavy atom. The van der Waals surface area contributed by atoms with Gasteiger partial charge in [-0.2, -0.15) is 14.6 Å². The molecule has 172 valence electrons. The molecule has 1 aliphatic rings. The van der Waals surface area contributed by atoms with Gasteiger partial charge in [0.2, 0.25) is 10.0 Å². The lowest BCUT2D eigenvalue weighted by molar-refractivity contribution is 0.375. The summed E-state index contributed by atoms with van der Waals surface area (Å²) in [5, 5.41) is 9.41. The molecule has 2 heterocycles. The predicted molar refractivity (Wildman–Crippen MR) is 133 cm³/mol. The van der Waals surface area contributed by atoms with Gasteiger partial charge in [-0.1, -0.05) is 48.5 Å². The lowest BCUT2D eigenvalue weighted by Gasteiger charge is -2.21. The highest BCUT2D eigenvalue weighted by Gasteiger charge is 2.37. The molecule has 1 aromatic heterocycles. The molecule has 0 fully saturated rings. The first-order chi connectivity index (χ1) is 16.4. The number of aromatic nitrogens is 2. The summed E-state index contributed by atoms with van der Waals surface area (Å²) in [7, 11) is -2.00. The number of rotatable bonds is 6. The van der Waals surface area contributed by atoms with E-state index in [0.717, 1.165) is 33.8 Å². The highest BCUT2D eigenvalue weighted by atomic mass is 32.2. The third kappa shape index (κ3) is 4.20. The fourth-order valence-electron chi connectivity index (χ4n) is 4.15. The molecule has 1 atom stereocenters. The number of hydrogen-bond donors (Lipinski definition) is 0. The third-order valence-corrected chi connectivity index (χ3v) is 6.82. The average molecular weight is 473 g/mol. The summed E-state index contributed by atoms with van der Waals surface area (Å²) in [6, 6.07) is 26.5. The lowest BCUT2D eigenvalue weighted by Crippen LogP contribution is -2.26. The van der Waals surface area contributed by atoms with E-state index in [-0.39, 0.29) is 0 Å². The molecule has 0 radical (unpaired) electrons. The quantitative estimate of drug-likeness (QED) is 0.409. The molecular formula is C26H24N4O3S. The number of hydrazone groups is 1. The molecule has 1 aliphatic heterocycles. The Morgan fingerprint density at radius 2 is 1.53 bits per heavy atom. The number of hydrogen-bond acceptors (Lipinski definition) is 5. The first-order valence-electron chi connectivity index (χ1n) is 10.9. The minimum Gasteiger partial charge on any atom is -0.497 e. The Labute approximate surface area is 199 Å². The zero-order valence-electron chi connectivity index (χ0n) is 18.9. The van der Waals surface area contributed by atoms with E-state index in [1.165, 1.54) is 10.7 Å². The maximum atomic E-state index is 12.8. The normalized spacial score (nSPS) is 15.9. The van der Waals surface area contributed by atoms with Crippen LogP contribution in [0.2, 0.25) is 0 Å². The van der Waals surface area contributed by atoms with E-state index in [0.29, 0.717) is 12.1 Å². The van der Waals surface area contributed by atoms with Crippen molar-refractivity contribution in [2.75, 3.05) is 13.4 Å². The SMILES string of the molecule is COc1ccc(-c2nn(-c3ccccc3)cc2[C@@H]2CC(c3ccccc3)=NN2S(C)(=O)=O)cc1. The molecule has 0 bridgehead atoms. The minimum absolute atomic E-state index is 0.445. The van der Waals surface area contributed by atoms with E-state index < -0.39 is 16.1 Å². The van der Waals surface area contributed by atoms with Gasteiger partial charge >= 0.3 is 0 Å². The van der Waals surface area contributed by atoms with Crippen LogP contribution in [0.25, 0.3) is 16.9 Å². The molecule has 0 saturated heterocycles. The van der Waals surface area contributed by atoms with Crippen LogP contribution in [0.15, 0.2) is 96.2 Å². The summed E-state index contributed by atoms with van der Waals surface area (Å²) in [5.74, 6) is 0.737. The second kappa shape index (κ2) is 8.79. The minimum atomic E-state index is -3.62. The smallest absolute Gasteiger partial charge is 0.247 e. The van der Waals surface area contributed by atoms with E-state index in [1.54, 1.807) is 11.8 Å². The van der Waals surface area contributed by atoms with E-state index in [9.17, 15) is 8.42 Å². The van der Waals surface area contributed by atoms with Crippen LogP contribution >= 0.6 is 0 Å². The second-order valence-corrected chi connectivity index (χ2v) is 9.95. The third-order valence-electron chi connectivity index (χ3n) is 5.81. The van der Waals surface area contributed by atoms with Gasteiger partial charge in [0, 0.05) is 23.7 Å². The second-order valence-electron chi connectivity index (χ2n) is 8.11. The lowest BCUT2D eigenvalue weighted by atomic mass is 9.97. The van der Waals surface area contributed by atoms with Crippen LogP contribution < -0.4 is 4.74 Å². The molecule has 0 aliphatic carbocycles. The molecule has 7 nitrogen and oxygen atoms in total. The maximum absolute atomic E-state index is 12.8. The predicted octanol–water partition coefficient (Wildman–Crippen LogP) is 4.66. The highest BCUT2D eigenvalue weighted by molar-refractivity contribution is 7.88. The largest absolute Gasteiger partial charge is 0.497 e. The number of benzene rings is 3. The topological polar surface area (TPSA) is 76.8 Å². The summed E-state index contributed by atoms with van der Waals surface area (Å²) in [6.45, 7) is 0. The van der Waals surface area contributed by atoms with E-state index >= 15 is 0 Å². The van der Waals surface area contributed by atoms with Gasteiger partial charge in [-0.15, -0.1) is 0 Å². The van der Waals surface area contributed by atoms with E-state index in [1.807, 2.05) is 91.1 Å². The Balaban J connectivity index is 1.64. The molecule has 5 rings (SSSR count). The molecule has 0 spiro atoms. The van der Waals surface area contributed by atoms with Gasteiger partial charge < -0.3 is 4.74 Å². The zero-order chi connectivity index (χ0) is 23.7. The first kappa shape index (κ1) is 21.9. The Hall–Kier alpha value is -3.91. The number of methoxy groups -OCH3 is 1. The van der Waals surface area contributed by atoms with Gasteiger partial charge in [-0.3, -0.25) is 0 Å². The maximum Gasteiger partial charge on any atom is 0.247 e. The number of ether oxygens (including phenoxy) is 1. The van der Waals surface area contributed by atoms with Gasteiger partial charge in [-0.05, 0) is 42.0 Å². The number of nitrogens with zero attached hydrogens (tertiary/aromatic N) is 4. The molecule has 0 unspecified atom stereocenters. The molecule has 0 amide bonds. The van der Waals surface area contributed by atoms with Crippen molar-refractivity contribution in [1.29, 1.82) is 0 Å². The van der Waals surface area contributed by atoms with Crippen molar-refractivity contribution >= 4 is 15.7 Å². The summed E-state index contributed by atoms with van der Waals surface area (Å²) in [5.41, 5.74) is 4.87. The monoisotopic (exact) mass is 472 g/mol. The highest BCUT2D eigenvalue weighted by Crippen LogP contribution is 2.39. The fourth-order valence-corrected chi connectivity index (χ4v) is 5.05. The summed E-state index contributed by atoms with van der Waals surface area (Å²) < 4.78 is 33.9. The summed E-state index contributed by atoms with van der Waals surface area (Å²) in [6.07, 6.45) is 3.54. The summed E-state index contributed by atoms with van der Waals surface area (Å²) >= 11 is 0. The van der Waals surface area contributed by atoms with Gasteiger partial charge in [0.15, 0.2) is 0 Å². The zero-order valence-corrected chi connectivity index (χ0v) is 19.7. The van der Waals surface area contributed by atoms with Gasteiger partial charge in [0.25, 0.3) is 0 Å². The van der Waals surface area contributed by atoms with E-state index in [4.69, 9.17) is 9.84 Å². The molecule has 3 aromatic carbocycles. The van der Waals surface area contributed by atoms with Crippen LogP contribution in [-0.2, 0) is 10.0 Å². The van der Waals surface area contributed by atoms with Crippen LogP contribution in [0.5, 0.6) is 5.75 Å². The van der Waals surface area contributed by atoms with Crippen LogP contribution in [0, 0.1) is 0 Å². The van der Waals surface area contributed by atoms with Crippen molar-refractivity contribution in [3.63, 3.8) is 0 Å². The first-order valence-corrected chi connectivity index (χ1v) is 12.7. The number of sulfonamides is 1. The Bertz CT molecular complexity index is 1430. The van der Waals surface area contributed by atoms with Crippen LogP contribution in [-0.4, -0.2) is 41.7 Å². The Kier molecular flexibility index (Phi) is 5.67. The molecule has 0 saturated carbocycles. The number of para-hydroxylation sites is 1. The van der Waals surface area contributed by atoms with Crippen molar-refractivity contribution in [3.8, 4) is 22.7 Å². The molecule has 34 heavy (non-hydrogen) atoms. The molecular weight excluding hydrogens is 448 g/mol. The van der Waals surface area contributed by atoms with Gasteiger partial charge in [-0.25, -0.2) is 13.1 Å². The van der Waals surface area contributed by atoms with E-state index in [2.05, 4.69) is 5.10 Å². The van der Waals surface area contributed by atoms with Gasteiger partial charge in [0.1, 0.15) is 5.75 Å². The van der Waals surface area contributed by atoms with Crippen molar-refractivity contribution in [2.45, 2.75) is 12.5 Å². The van der Waals surface area contributed by atoms with Crippen LogP contribution in [0.1, 0.15) is 23.6 Å². The van der Waals surface area contributed by atoms with Crippen molar-refractivity contribution in [3.05, 3.63) is 102 Å². The molecule has 4 aromatic rings. The standard InChI is InChI=1S/C26H24N4O3S/c1-33-22-15-13-20(14-16-22)26-23(18-29(28-26)21-11-7-4-8-12-21)25-17-24(19-9-5-3-6-10-19)27-30(25)34(2,31)32/h3-16,18,25H,17H2,1-2H3/t25-/m0/s1. The molecule has 0 N–H and O–H groups in total. The molecule has 8 heteroatoms. The van der Waals surface area contributed by atoms with Crippen molar-refractivity contribution < 1.29 is 13.2 Å².